The molecule has 0 aliphatic heterocycles. The minimum atomic E-state index is -0.890. The minimum Gasteiger partial charge on any atom is -0.318 e. The Morgan fingerprint density at radius 3 is 2.43 bits per heavy atom. The zero-order valence-corrected chi connectivity index (χ0v) is 8.93. The molecule has 0 radical (unpaired) electrons. The highest BCUT2D eigenvalue weighted by molar-refractivity contribution is 5.97. The first-order valence-electron chi connectivity index (χ1n) is 4.44. The van der Waals surface area contributed by atoms with Gasteiger partial charge in [0.2, 0.25) is 5.91 Å². The van der Waals surface area contributed by atoms with Crippen LogP contribution in [0.5, 0.6) is 0 Å². The van der Waals surface area contributed by atoms with Gasteiger partial charge in [-0.15, -0.1) is 0 Å². The number of nitrogens with one attached hydrogen (secondary N) is 2. The Labute approximate surface area is 83.1 Å². The van der Waals surface area contributed by atoms with Crippen molar-refractivity contribution in [3.05, 3.63) is 11.3 Å². The summed E-state index contributed by atoms with van der Waals surface area (Å²) in [7, 11) is 0. The van der Waals surface area contributed by atoms with Crippen LogP contribution in [0.4, 0.5) is 5.82 Å². The first kappa shape index (κ1) is 10.7. The SMILES string of the molecule is Cc1[nH]nc(NC(=O)C(C)(C)N)c1C. The lowest BCUT2D eigenvalue weighted by atomic mass is 10.1. The van der Waals surface area contributed by atoms with Gasteiger partial charge in [0.25, 0.3) is 0 Å². The van der Waals surface area contributed by atoms with Gasteiger partial charge in [0.15, 0.2) is 5.82 Å². The minimum absolute atomic E-state index is 0.243. The Morgan fingerprint density at radius 1 is 1.50 bits per heavy atom. The molecule has 0 unspecified atom stereocenters. The molecule has 5 heteroatoms. The van der Waals surface area contributed by atoms with Gasteiger partial charge in [-0.2, -0.15) is 5.10 Å². The van der Waals surface area contributed by atoms with Gasteiger partial charge in [-0.1, -0.05) is 0 Å². The van der Waals surface area contributed by atoms with Gasteiger partial charge in [0.1, 0.15) is 0 Å². The molecule has 1 heterocycles. The third kappa shape index (κ3) is 2.11. The van der Waals surface area contributed by atoms with Crippen LogP contribution in [0.1, 0.15) is 25.1 Å². The van der Waals surface area contributed by atoms with E-state index in [-0.39, 0.29) is 5.91 Å². The summed E-state index contributed by atoms with van der Waals surface area (Å²) in [6.45, 7) is 7.08. The number of aromatic nitrogens is 2. The zero-order chi connectivity index (χ0) is 10.9. The van der Waals surface area contributed by atoms with Gasteiger partial charge in [0.05, 0.1) is 5.54 Å². The van der Waals surface area contributed by atoms with Crippen molar-refractivity contribution in [1.29, 1.82) is 0 Å². The van der Waals surface area contributed by atoms with Crippen molar-refractivity contribution >= 4 is 11.7 Å². The van der Waals surface area contributed by atoms with Crippen LogP contribution in [0, 0.1) is 13.8 Å². The molecule has 5 nitrogen and oxygen atoms in total. The fourth-order valence-electron chi connectivity index (χ4n) is 0.875. The van der Waals surface area contributed by atoms with E-state index in [1.807, 2.05) is 13.8 Å². The summed E-state index contributed by atoms with van der Waals surface area (Å²) >= 11 is 0. The summed E-state index contributed by atoms with van der Waals surface area (Å²) in [6, 6.07) is 0. The van der Waals surface area contributed by atoms with Crippen LogP contribution in [0.15, 0.2) is 0 Å². The normalized spacial score (nSPS) is 11.5. The summed E-state index contributed by atoms with van der Waals surface area (Å²) < 4.78 is 0. The largest absolute Gasteiger partial charge is 0.318 e. The van der Waals surface area contributed by atoms with Crippen LogP contribution in [0.2, 0.25) is 0 Å². The third-order valence-electron chi connectivity index (χ3n) is 2.07. The van der Waals surface area contributed by atoms with Crippen molar-refractivity contribution in [3.8, 4) is 0 Å². The highest BCUT2D eigenvalue weighted by atomic mass is 16.2. The Kier molecular flexibility index (Phi) is 2.62. The van der Waals surface area contributed by atoms with Gasteiger partial charge in [-0.05, 0) is 27.7 Å². The number of nitrogens with two attached hydrogens (primary N) is 1. The van der Waals surface area contributed by atoms with E-state index in [4.69, 9.17) is 5.73 Å². The summed E-state index contributed by atoms with van der Waals surface area (Å²) in [4.78, 5) is 11.5. The van der Waals surface area contributed by atoms with E-state index >= 15 is 0 Å². The highest BCUT2D eigenvalue weighted by Crippen LogP contribution is 2.14. The van der Waals surface area contributed by atoms with Crippen LogP contribution < -0.4 is 11.1 Å². The number of amides is 1. The lowest BCUT2D eigenvalue weighted by molar-refractivity contribution is -0.120. The molecule has 0 saturated carbocycles. The second kappa shape index (κ2) is 3.42. The number of H-pyrrole nitrogens is 1. The lowest BCUT2D eigenvalue weighted by Crippen LogP contribution is -2.45. The average Bonchev–Trinajstić information content (AvgIpc) is 2.34. The molecule has 0 aromatic carbocycles. The van der Waals surface area contributed by atoms with Crippen molar-refractivity contribution in [2.75, 3.05) is 5.32 Å². The second-order valence-electron chi connectivity index (χ2n) is 4.00. The highest BCUT2D eigenvalue weighted by Gasteiger charge is 2.23. The van der Waals surface area contributed by atoms with Crippen LogP contribution in [0.25, 0.3) is 0 Å². The molecule has 0 saturated heterocycles. The Morgan fingerprint density at radius 2 is 2.07 bits per heavy atom. The number of nitrogens with zero attached hydrogens (tertiary/aromatic N) is 1. The Hall–Kier alpha value is -1.36. The van der Waals surface area contributed by atoms with Gasteiger partial charge in [-0.25, -0.2) is 0 Å². The predicted molar refractivity (Wildman–Crippen MR) is 55.0 cm³/mol. The number of hydrogen-bond acceptors (Lipinski definition) is 3. The molecule has 0 spiro atoms. The molecule has 14 heavy (non-hydrogen) atoms. The Bertz CT molecular complexity index is 348. The topological polar surface area (TPSA) is 83.8 Å². The smallest absolute Gasteiger partial charge is 0.245 e. The van der Waals surface area contributed by atoms with E-state index in [9.17, 15) is 4.79 Å². The van der Waals surface area contributed by atoms with E-state index in [0.717, 1.165) is 11.3 Å². The fraction of sp³-hybridized carbons (Fsp3) is 0.556. The number of hydrogen-bond donors (Lipinski definition) is 3. The summed E-state index contributed by atoms with van der Waals surface area (Å²) in [6.07, 6.45) is 0. The molecule has 1 aromatic heterocycles. The van der Waals surface area contributed by atoms with E-state index in [2.05, 4.69) is 15.5 Å². The quantitative estimate of drug-likeness (QED) is 0.651. The number of carbonyl (C=O) groups is 1. The molecule has 0 bridgehead atoms. The first-order valence-corrected chi connectivity index (χ1v) is 4.44. The molecule has 0 aliphatic rings. The monoisotopic (exact) mass is 196 g/mol. The van der Waals surface area contributed by atoms with Gasteiger partial charge >= 0.3 is 0 Å². The standard InChI is InChI=1S/C9H16N4O/c1-5-6(2)12-13-7(5)11-8(14)9(3,4)10/h10H2,1-4H3,(H2,11,12,13,14). The molecule has 0 aliphatic carbocycles. The van der Waals surface area contributed by atoms with E-state index in [0.29, 0.717) is 5.82 Å². The van der Waals surface area contributed by atoms with E-state index in [1.54, 1.807) is 13.8 Å². The van der Waals surface area contributed by atoms with Crippen molar-refractivity contribution < 1.29 is 4.79 Å². The molecule has 0 fully saturated rings. The maximum atomic E-state index is 11.5. The van der Waals surface area contributed by atoms with Gasteiger partial charge in [0, 0.05) is 11.3 Å². The van der Waals surface area contributed by atoms with E-state index in [1.165, 1.54) is 0 Å². The zero-order valence-electron chi connectivity index (χ0n) is 8.93. The van der Waals surface area contributed by atoms with Gasteiger partial charge in [-0.3, -0.25) is 9.89 Å². The first-order chi connectivity index (χ1) is 6.32. The fourth-order valence-corrected chi connectivity index (χ4v) is 0.875. The van der Waals surface area contributed by atoms with Crippen molar-refractivity contribution in [1.82, 2.24) is 10.2 Å². The number of aryl methyl sites for hydroxylation is 1. The molecule has 1 amide bonds. The van der Waals surface area contributed by atoms with Crippen LogP contribution >= 0.6 is 0 Å². The predicted octanol–water partition coefficient (Wildman–Crippen LogP) is 0.702. The Balaban J connectivity index is 2.80. The van der Waals surface area contributed by atoms with Crippen LogP contribution in [-0.2, 0) is 4.79 Å². The number of carbonyl (C=O) groups excluding carboxylic acids is 1. The van der Waals surface area contributed by atoms with Crippen LogP contribution in [0.3, 0.4) is 0 Å². The number of aromatic amines is 1. The van der Waals surface area contributed by atoms with E-state index < -0.39 is 5.54 Å². The molecular weight excluding hydrogens is 180 g/mol. The molecule has 78 valence electrons. The van der Waals surface area contributed by atoms with Crippen molar-refractivity contribution in [3.63, 3.8) is 0 Å². The molecule has 1 rings (SSSR count). The van der Waals surface area contributed by atoms with Crippen LogP contribution in [-0.4, -0.2) is 21.6 Å². The summed E-state index contributed by atoms with van der Waals surface area (Å²) in [5.41, 5.74) is 6.62. The molecule has 1 aromatic rings. The molecule has 0 atom stereocenters. The number of anilines is 1. The van der Waals surface area contributed by atoms with Crippen molar-refractivity contribution in [2.45, 2.75) is 33.2 Å². The summed E-state index contributed by atoms with van der Waals surface area (Å²) in [5.74, 6) is 0.304. The summed E-state index contributed by atoms with van der Waals surface area (Å²) in [5, 5.41) is 9.41. The molecular formula is C9H16N4O. The average molecular weight is 196 g/mol. The third-order valence-corrected chi connectivity index (χ3v) is 2.07. The lowest BCUT2D eigenvalue weighted by Gasteiger charge is -2.16. The van der Waals surface area contributed by atoms with Gasteiger partial charge < -0.3 is 11.1 Å². The second-order valence-corrected chi connectivity index (χ2v) is 4.00. The number of rotatable bonds is 2. The maximum absolute atomic E-state index is 11.5. The van der Waals surface area contributed by atoms with Crippen molar-refractivity contribution in [2.24, 2.45) is 5.73 Å². The maximum Gasteiger partial charge on any atom is 0.245 e. The molecule has 4 N–H and O–H groups in total.